The van der Waals surface area contributed by atoms with Crippen LogP contribution in [-0.2, 0) is 4.79 Å². The highest BCUT2D eigenvalue weighted by molar-refractivity contribution is 8.01. The summed E-state index contributed by atoms with van der Waals surface area (Å²) >= 11 is 2.70. The first-order valence-electron chi connectivity index (χ1n) is 7.38. The molecule has 1 aromatic carbocycles. The monoisotopic (exact) mass is 352 g/mol. The number of nitrogens with one attached hydrogen (secondary N) is 2. The van der Waals surface area contributed by atoms with Crippen LogP contribution in [0.4, 0.5) is 15.2 Å². The third-order valence-electron chi connectivity index (χ3n) is 3.53. The maximum atomic E-state index is 13.1. The lowest BCUT2D eigenvalue weighted by atomic mass is 10.2. The number of carbonyl (C=O) groups excluding carboxylic acids is 1. The molecule has 1 saturated carbocycles. The van der Waals surface area contributed by atoms with E-state index in [1.165, 1.54) is 48.1 Å². The molecule has 5 nitrogen and oxygen atoms in total. The van der Waals surface area contributed by atoms with Gasteiger partial charge in [0, 0.05) is 11.7 Å². The zero-order valence-electron chi connectivity index (χ0n) is 12.6. The molecule has 0 unspecified atom stereocenters. The second-order valence-electron chi connectivity index (χ2n) is 5.49. The summed E-state index contributed by atoms with van der Waals surface area (Å²) in [5, 5.41) is 14.6. The molecule has 3 rings (SSSR count). The van der Waals surface area contributed by atoms with Gasteiger partial charge in [0.25, 0.3) is 0 Å². The van der Waals surface area contributed by atoms with Crippen molar-refractivity contribution < 1.29 is 9.18 Å². The van der Waals surface area contributed by atoms with Crippen molar-refractivity contribution in [3.05, 3.63) is 30.1 Å². The van der Waals surface area contributed by atoms with Gasteiger partial charge in [-0.15, -0.1) is 10.2 Å². The smallest absolute Gasteiger partial charge is 0.230 e. The molecule has 0 radical (unpaired) electrons. The minimum absolute atomic E-state index is 0.0178. The lowest BCUT2D eigenvalue weighted by molar-refractivity contribution is -0.119. The van der Waals surface area contributed by atoms with Crippen molar-refractivity contribution in [1.82, 2.24) is 15.5 Å². The molecule has 0 spiro atoms. The molecular weight excluding hydrogens is 335 g/mol. The Morgan fingerprint density at radius 3 is 3.04 bits per heavy atom. The SMILES string of the molecule is C[C@@H](NC(=O)CSc1nnc(Nc2cccc(F)c2)s1)C1CC1. The van der Waals surface area contributed by atoms with Gasteiger partial charge in [-0.1, -0.05) is 29.2 Å². The van der Waals surface area contributed by atoms with Gasteiger partial charge in [-0.2, -0.15) is 0 Å². The van der Waals surface area contributed by atoms with Crippen molar-refractivity contribution in [3.8, 4) is 0 Å². The fourth-order valence-corrected chi connectivity index (χ4v) is 3.73. The molecule has 2 aromatic rings. The van der Waals surface area contributed by atoms with Crippen LogP contribution in [0.5, 0.6) is 0 Å². The number of halogens is 1. The number of anilines is 2. The quantitative estimate of drug-likeness (QED) is 0.747. The van der Waals surface area contributed by atoms with E-state index in [4.69, 9.17) is 0 Å². The second kappa shape index (κ2) is 7.27. The Morgan fingerprint density at radius 1 is 1.48 bits per heavy atom. The van der Waals surface area contributed by atoms with Crippen LogP contribution in [0.1, 0.15) is 19.8 Å². The van der Waals surface area contributed by atoms with Gasteiger partial charge in [-0.3, -0.25) is 4.79 Å². The number of rotatable bonds is 7. The van der Waals surface area contributed by atoms with Gasteiger partial charge in [-0.05, 0) is 43.9 Å². The van der Waals surface area contributed by atoms with Gasteiger partial charge in [0.2, 0.25) is 11.0 Å². The standard InChI is InChI=1S/C15H17FN4OS2/c1-9(10-5-6-10)17-13(21)8-22-15-20-19-14(23-15)18-12-4-2-3-11(16)7-12/h2-4,7,9-10H,5-6,8H2,1H3,(H,17,21)(H,18,19)/t9-/m1/s1. The summed E-state index contributed by atoms with van der Waals surface area (Å²) in [7, 11) is 0. The van der Waals surface area contributed by atoms with E-state index >= 15 is 0 Å². The number of amides is 1. The summed E-state index contributed by atoms with van der Waals surface area (Å²) in [6.07, 6.45) is 2.42. The van der Waals surface area contributed by atoms with Crippen LogP contribution in [0.2, 0.25) is 0 Å². The first kappa shape index (κ1) is 16.2. The van der Waals surface area contributed by atoms with Crippen molar-refractivity contribution in [1.29, 1.82) is 0 Å². The van der Waals surface area contributed by atoms with Crippen molar-refractivity contribution in [3.63, 3.8) is 0 Å². The van der Waals surface area contributed by atoms with Crippen LogP contribution in [0.25, 0.3) is 0 Å². The molecule has 1 heterocycles. The van der Waals surface area contributed by atoms with Crippen LogP contribution in [0.3, 0.4) is 0 Å². The molecule has 23 heavy (non-hydrogen) atoms. The van der Waals surface area contributed by atoms with E-state index in [9.17, 15) is 9.18 Å². The minimum Gasteiger partial charge on any atom is -0.353 e. The second-order valence-corrected chi connectivity index (χ2v) is 7.69. The number of aromatic nitrogens is 2. The average Bonchev–Trinajstić information content (AvgIpc) is 3.27. The number of carbonyl (C=O) groups is 1. The maximum absolute atomic E-state index is 13.1. The highest BCUT2D eigenvalue weighted by Gasteiger charge is 2.28. The number of hydrogen-bond donors (Lipinski definition) is 2. The van der Waals surface area contributed by atoms with Gasteiger partial charge in [0.05, 0.1) is 5.75 Å². The average molecular weight is 352 g/mol. The lowest BCUT2D eigenvalue weighted by Gasteiger charge is -2.11. The predicted octanol–water partition coefficient (Wildman–Crippen LogP) is 3.43. The van der Waals surface area contributed by atoms with E-state index in [1.807, 2.05) is 6.92 Å². The number of thioether (sulfide) groups is 1. The molecule has 1 aliphatic rings. The van der Waals surface area contributed by atoms with Gasteiger partial charge < -0.3 is 10.6 Å². The maximum Gasteiger partial charge on any atom is 0.230 e. The number of benzene rings is 1. The molecule has 1 aliphatic carbocycles. The summed E-state index contributed by atoms with van der Waals surface area (Å²) in [6.45, 7) is 2.05. The van der Waals surface area contributed by atoms with Gasteiger partial charge in [0.15, 0.2) is 4.34 Å². The third kappa shape index (κ3) is 4.90. The van der Waals surface area contributed by atoms with E-state index in [2.05, 4.69) is 20.8 Å². The van der Waals surface area contributed by atoms with E-state index in [0.29, 0.717) is 26.8 Å². The van der Waals surface area contributed by atoms with Crippen LogP contribution in [0.15, 0.2) is 28.6 Å². The fraction of sp³-hybridized carbons (Fsp3) is 0.400. The normalized spacial score (nSPS) is 15.2. The highest BCUT2D eigenvalue weighted by atomic mass is 32.2. The Morgan fingerprint density at radius 2 is 2.30 bits per heavy atom. The summed E-state index contributed by atoms with van der Waals surface area (Å²) in [6, 6.07) is 6.40. The highest BCUT2D eigenvalue weighted by Crippen LogP contribution is 2.32. The topological polar surface area (TPSA) is 66.9 Å². The fourth-order valence-electron chi connectivity index (χ4n) is 2.15. The van der Waals surface area contributed by atoms with Gasteiger partial charge in [0.1, 0.15) is 5.82 Å². The number of hydrogen-bond acceptors (Lipinski definition) is 6. The van der Waals surface area contributed by atoms with E-state index in [-0.39, 0.29) is 17.8 Å². The minimum atomic E-state index is -0.310. The Labute approximate surface area is 142 Å². The summed E-state index contributed by atoms with van der Waals surface area (Å²) in [5.74, 6) is 0.679. The number of nitrogens with zero attached hydrogens (tertiary/aromatic N) is 2. The molecule has 1 atom stereocenters. The third-order valence-corrected chi connectivity index (χ3v) is 5.50. The first-order chi connectivity index (χ1) is 11.1. The molecule has 122 valence electrons. The van der Waals surface area contributed by atoms with Crippen LogP contribution in [0, 0.1) is 11.7 Å². The zero-order valence-corrected chi connectivity index (χ0v) is 14.2. The van der Waals surface area contributed by atoms with Gasteiger partial charge in [-0.25, -0.2) is 4.39 Å². The molecule has 0 aliphatic heterocycles. The van der Waals surface area contributed by atoms with Crippen LogP contribution < -0.4 is 10.6 Å². The van der Waals surface area contributed by atoms with E-state index in [0.717, 1.165) is 0 Å². The molecule has 0 bridgehead atoms. The molecule has 1 amide bonds. The first-order valence-corrected chi connectivity index (χ1v) is 9.18. The summed E-state index contributed by atoms with van der Waals surface area (Å²) in [4.78, 5) is 11.9. The zero-order chi connectivity index (χ0) is 16.2. The molecule has 0 saturated heterocycles. The summed E-state index contributed by atoms with van der Waals surface area (Å²) < 4.78 is 13.8. The molecular formula is C15H17FN4OS2. The van der Waals surface area contributed by atoms with Gasteiger partial charge >= 0.3 is 0 Å². The Kier molecular flexibility index (Phi) is 5.12. The Balaban J connectivity index is 1.48. The Hall–Kier alpha value is -1.67. The Bertz CT molecular complexity index is 690. The van der Waals surface area contributed by atoms with Crippen LogP contribution >= 0.6 is 23.1 Å². The summed E-state index contributed by atoms with van der Waals surface area (Å²) in [5.41, 5.74) is 0.619. The van der Waals surface area contributed by atoms with E-state index in [1.54, 1.807) is 12.1 Å². The molecule has 1 fully saturated rings. The van der Waals surface area contributed by atoms with Crippen molar-refractivity contribution in [2.45, 2.75) is 30.1 Å². The van der Waals surface area contributed by atoms with Crippen molar-refractivity contribution in [2.24, 2.45) is 5.92 Å². The molecule has 8 heteroatoms. The van der Waals surface area contributed by atoms with Crippen LogP contribution in [-0.4, -0.2) is 27.9 Å². The van der Waals surface area contributed by atoms with Crippen molar-refractivity contribution >= 4 is 39.8 Å². The molecule has 2 N–H and O–H groups in total. The van der Waals surface area contributed by atoms with Crippen molar-refractivity contribution in [2.75, 3.05) is 11.1 Å². The molecule has 1 aromatic heterocycles. The predicted molar refractivity (Wildman–Crippen MR) is 90.6 cm³/mol. The van der Waals surface area contributed by atoms with E-state index < -0.39 is 0 Å². The largest absolute Gasteiger partial charge is 0.353 e. The lowest BCUT2D eigenvalue weighted by Crippen LogP contribution is -2.35.